The summed E-state index contributed by atoms with van der Waals surface area (Å²) >= 11 is 11.7. The number of halogens is 2. The van der Waals surface area contributed by atoms with Gasteiger partial charge in [-0.05, 0) is 18.2 Å². The van der Waals surface area contributed by atoms with Crippen LogP contribution in [0.1, 0.15) is 0 Å². The fourth-order valence-corrected chi connectivity index (χ4v) is 3.91. The van der Waals surface area contributed by atoms with E-state index in [1.54, 1.807) is 0 Å². The molecule has 0 aromatic heterocycles. The van der Waals surface area contributed by atoms with E-state index in [-0.39, 0.29) is 17.5 Å². The molecule has 1 saturated heterocycles. The lowest BCUT2D eigenvalue weighted by molar-refractivity contribution is 0.0206. The van der Waals surface area contributed by atoms with E-state index in [0.29, 0.717) is 23.2 Å². The van der Waals surface area contributed by atoms with Crippen LogP contribution < -0.4 is 5.32 Å². The molecule has 0 bridgehead atoms. The fourth-order valence-electron chi connectivity index (χ4n) is 1.98. The number of benzene rings is 1. The molecule has 1 aromatic rings. The predicted molar refractivity (Wildman–Crippen MR) is 78.9 cm³/mol. The molecule has 1 N–H and O–H groups in total. The maximum Gasteiger partial charge on any atom is 0.243 e. The highest BCUT2D eigenvalue weighted by molar-refractivity contribution is 7.89. The second kappa shape index (κ2) is 6.60. The Kier molecular flexibility index (Phi) is 5.28. The molecule has 1 atom stereocenters. The Balaban J connectivity index is 2.15. The van der Waals surface area contributed by atoms with Crippen LogP contribution in [0, 0.1) is 0 Å². The average Bonchev–Trinajstić information content (AvgIpc) is 2.38. The number of nitrogens with one attached hydrogen (secondary N) is 1. The summed E-state index contributed by atoms with van der Waals surface area (Å²) < 4.78 is 31.6. The number of likely N-dealkylation sites (N-methyl/N-ethyl adjacent to an activating group) is 1. The van der Waals surface area contributed by atoms with Crippen LogP contribution >= 0.6 is 23.2 Å². The van der Waals surface area contributed by atoms with Gasteiger partial charge in [0.15, 0.2) is 0 Å². The molecule has 1 aromatic carbocycles. The molecule has 0 amide bonds. The second-order valence-corrected chi connectivity index (χ2v) is 7.51. The van der Waals surface area contributed by atoms with E-state index < -0.39 is 10.0 Å². The van der Waals surface area contributed by atoms with Crippen LogP contribution in [-0.4, -0.2) is 52.1 Å². The van der Waals surface area contributed by atoms with Crippen molar-refractivity contribution in [2.24, 2.45) is 0 Å². The van der Waals surface area contributed by atoms with Gasteiger partial charge in [-0.1, -0.05) is 23.2 Å². The highest BCUT2D eigenvalue weighted by Gasteiger charge is 2.25. The highest BCUT2D eigenvalue weighted by Crippen LogP contribution is 2.24. The minimum Gasteiger partial charge on any atom is -0.374 e. The summed E-state index contributed by atoms with van der Waals surface area (Å²) in [5.41, 5.74) is 0. The maximum atomic E-state index is 12.4. The first kappa shape index (κ1) is 16.0. The molecule has 1 aliphatic heterocycles. The maximum absolute atomic E-state index is 12.4. The molecule has 0 spiro atoms. The van der Waals surface area contributed by atoms with Crippen molar-refractivity contribution in [1.29, 1.82) is 0 Å². The molecule has 1 heterocycles. The zero-order valence-electron chi connectivity index (χ0n) is 11.0. The van der Waals surface area contributed by atoms with Crippen molar-refractivity contribution in [2.45, 2.75) is 11.0 Å². The number of rotatable bonds is 4. The van der Waals surface area contributed by atoms with Crippen LogP contribution in [0.4, 0.5) is 0 Å². The molecule has 8 heteroatoms. The first-order valence-electron chi connectivity index (χ1n) is 6.14. The number of ether oxygens (including phenoxy) is 1. The second-order valence-electron chi connectivity index (χ2n) is 4.59. The number of hydrogen-bond acceptors (Lipinski definition) is 4. The van der Waals surface area contributed by atoms with Crippen LogP contribution in [0.5, 0.6) is 0 Å². The molecule has 0 saturated carbocycles. The molecule has 1 aliphatic rings. The zero-order chi connectivity index (χ0) is 14.8. The number of sulfonamides is 1. The van der Waals surface area contributed by atoms with E-state index in [4.69, 9.17) is 27.9 Å². The minimum absolute atomic E-state index is 0.0845. The topological polar surface area (TPSA) is 58.6 Å². The Labute approximate surface area is 128 Å². The van der Waals surface area contributed by atoms with Gasteiger partial charge in [0.2, 0.25) is 10.0 Å². The molecule has 1 unspecified atom stereocenters. The first-order valence-corrected chi connectivity index (χ1v) is 8.34. The predicted octanol–water partition coefficient (Wildman–Crippen LogP) is 1.60. The summed E-state index contributed by atoms with van der Waals surface area (Å²) in [6.07, 6.45) is -0.154. The molecule has 5 nitrogen and oxygen atoms in total. The van der Waals surface area contributed by atoms with E-state index in [2.05, 4.69) is 5.32 Å². The van der Waals surface area contributed by atoms with Gasteiger partial charge in [0.25, 0.3) is 0 Å². The summed E-state index contributed by atoms with van der Waals surface area (Å²) in [6.45, 7) is 2.29. The third kappa shape index (κ3) is 3.84. The summed E-state index contributed by atoms with van der Waals surface area (Å²) in [6, 6.07) is 4.27. The van der Waals surface area contributed by atoms with Crippen LogP contribution in [0.15, 0.2) is 23.1 Å². The standard InChI is InChI=1S/C12H16Cl2N2O3S/c1-16(8-11-7-15-2-3-19-11)20(17,18)12-5-9(13)4-10(14)6-12/h4-6,11,15H,2-3,7-8H2,1H3. The van der Waals surface area contributed by atoms with Crippen molar-refractivity contribution in [3.63, 3.8) is 0 Å². The monoisotopic (exact) mass is 338 g/mol. The quantitative estimate of drug-likeness (QED) is 0.905. The lowest BCUT2D eigenvalue weighted by Crippen LogP contribution is -2.45. The van der Waals surface area contributed by atoms with Gasteiger partial charge >= 0.3 is 0 Å². The number of nitrogens with zero attached hydrogens (tertiary/aromatic N) is 1. The van der Waals surface area contributed by atoms with Gasteiger partial charge in [0, 0.05) is 36.7 Å². The van der Waals surface area contributed by atoms with Gasteiger partial charge in [-0.15, -0.1) is 0 Å². The molecule has 0 radical (unpaired) electrons. The SMILES string of the molecule is CN(CC1CNCCO1)S(=O)(=O)c1cc(Cl)cc(Cl)c1. The Morgan fingerprint density at radius 1 is 1.35 bits per heavy atom. The third-order valence-corrected chi connectivity index (χ3v) is 5.25. The smallest absolute Gasteiger partial charge is 0.243 e. The highest BCUT2D eigenvalue weighted by atomic mass is 35.5. The molecule has 112 valence electrons. The molecule has 1 fully saturated rings. The van der Waals surface area contributed by atoms with Gasteiger partial charge in [-0.2, -0.15) is 4.31 Å². The van der Waals surface area contributed by atoms with Gasteiger partial charge in [0.1, 0.15) is 0 Å². The van der Waals surface area contributed by atoms with Crippen molar-refractivity contribution in [2.75, 3.05) is 33.3 Å². The normalized spacial score (nSPS) is 20.3. The van der Waals surface area contributed by atoms with Crippen LogP contribution in [-0.2, 0) is 14.8 Å². The summed E-state index contributed by atoms with van der Waals surface area (Å²) in [4.78, 5) is 0.0845. The number of morpholine rings is 1. The van der Waals surface area contributed by atoms with Crippen molar-refractivity contribution in [3.8, 4) is 0 Å². The van der Waals surface area contributed by atoms with Gasteiger partial charge < -0.3 is 10.1 Å². The van der Waals surface area contributed by atoms with E-state index in [1.807, 2.05) is 0 Å². The Hall–Kier alpha value is -0.370. The van der Waals surface area contributed by atoms with Gasteiger partial charge in [-0.3, -0.25) is 0 Å². The van der Waals surface area contributed by atoms with E-state index >= 15 is 0 Å². The molecule has 20 heavy (non-hydrogen) atoms. The molecular formula is C12H16Cl2N2O3S. The van der Waals surface area contributed by atoms with Crippen molar-refractivity contribution < 1.29 is 13.2 Å². The van der Waals surface area contributed by atoms with E-state index in [0.717, 1.165) is 6.54 Å². The fraction of sp³-hybridized carbons (Fsp3) is 0.500. The summed E-state index contributed by atoms with van der Waals surface area (Å²) in [7, 11) is -2.11. The Morgan fingerprint density at radius 3 is 2.55 bits per heavy atom. The van der Waals surface area contributed by atoms with Crippen molar-refractivity contribution in [1.82, 2.24) is 9.62 Å². The average molecular weight is 339 g/mol. The van der Waals surface area contributed by atoms with Crippen LogP contribution in [0.3, 0.4) is 0 Å². The van der Waals surface area contributed by atoms with Gasteiger partial charge in [0.05, 0.1) is 17.6 Å². The lowest BCUT2D eigenvalue weighted by atomic mass is 10.3. The summed E-state index contributed by atoms with van der Waals surface area (Å²) in [5, 5.41) is 3.74. The lowest BCUT2D eigenvalue weighted by Gasteiger charge is -2.27. The number of hydrogen-bond donors (Lipinski definition) is 1. The van der Waals surface area contributed by atoms with E-state index in [1.165, 1.54) is 29.6 Å². The van der Waals surface area contributed by atoms with Crippen LogP contribution in [0.2, 0.25) is 10.0 Å². The van der Waals surface area contributed by atoms with Crippen molar-refractivity contribution in [3.05, 3.63) is 28.2 Å². The Morgan fingerprint density at radius 2 is 2.00 bits per heavy atom. The molecular weight excluding hydrogens is 323 g/mol. The molecule has 0 aliphatic carbocycles. The van der Waals surface area contributed by atoms with E-state index in [9.17, 15) is 8.42 Å². The minimum atomic E-state index is -3.63. The molecule has 2 rings (SSSR count). The third-order valence-electron chi connectivity index (χ3n) is 3.01. The largest absolute Gasteiger partial charge is 0.374 e. The van der Waals surface area contributed by atoms with Gasteiger partial charge in [-0.25, -0.2) is 8.42 Å². The zero-order valence-corrected chi connectivity index (χ0v) is 13.3. The van der Waals surface area contributed by atoms with Crippen molar-refractivity contribution >= 4 is 33.2 Å². The Bertz CT molecular complexity index is 554. The van der Waals surface area contributed by atoms with Crippen LogP contribution in [0.25, 0.3) is 0 Å². The first-order chi connectivity index (χ1) is 9.39. The summed E-state index contributed by atoms with van der Waals surface area (Å²) in [5.74, 6) is 0.